The van der Waals surface area contributed by atoms with E-state index >= 15 is 0 Å². The van der Waals surface area contributed by atoms with Gasteiger partial charge in [-0.1, -0.05) is 84.5 Å². The fourth-order valence-electron chi connectivity index (χ4n) is 5.64. The Labute approximate surface area is 211 Å². The van der Waals surface area contributed by atoms with Gasteiger partial charge in [0.05, 0.1) is 5.76 Å². The fourth-order valence-corrected chi connectivity index (χ4v) is 5.64. The van der Waals surface area contributed by atoms with E-state index in [0.29, 0.717) is 23.9 Å². The van der Waals surface area contributed by atoms with Crippen LogP contribution in [0.1, 0.15) is 99.6 Å². The summed E-state index contributed by atoms with van der Waals surface area (Å²) in [6.07, 6.45) is 4.34. The monoisotopic (exact) mass is 467 g/mol. The molecule has 0 spiro atoms. The van der Waals surface area contributed by atoms with Crippen LogP contribution in [0.5, 0.6) is 0 Å². The third kappa shape index (κ3) is 7.23. The van der Waals surface area contributed by atoms with E-state index in [2.05, 4.69) is 119 Å². The number of rotatable bonds is 9. The van der Waals surface area contributed by atoms with Crippen LogP contribution in [0.25, 0.3) is 0 Å². The normalized spacial score (nSPS) is 21.3. The lowest BCUT2D eigenvalue weighted by atomic mass is 9.68. The van der Waals surface area contributed by atoms with Crippen LogP contribution in [-0.4, -0.2) is 23.0 Å². The summed E-state index contributed by atoms with van der Waals surface area (Å²) in [5.41, 5.74) is 4.71. The van der Waals surface area contributed by atoms with E-state index in [-0.39, 0.29) is 16.5 Å². The number of aryl methyl sites for hydroxylation is 1. The Hall–Kier alpha value is -1.54. The van der Waals surface area contributed by atoms with Crippen molar-refractivity contribution in [3.63, 3.8) is 0 Å². The highest BCUT2D eigenvalue weighted by molar-refractivity contribution is 5.24. The van der Waals surface area contributed by atoms with Crippen LogP contribution in [0.2, 0.25) is 0 Å². The van der Waals surface area contributed by atoms with Crippen LogP contribution in [0.15, 0.2) is 48.8 Å². The molecule has 0 radical (unpaired) electrons. The molecule has 0 amide bonds. The van der Waals surface area contributed by atoms with Gasteiger partial charge >= 0.3 is 0 Å². The molecular formula is C32H53NO. The summed E-state index contributed by atoms with van der Waals surface area (Å²) in [4.78, 5) is 2.47. The van der Waals surface area contributed by atoms with Gasteiger partial charge in [0.2, 0.25) is 0 Å². The first-order chi connectivity index (χ1) is 15.3. The lowest BCUT2D eigenvalue weighted by Gasteiger charge is -2.38. The van der Waals surface area contributed by atoms with Crippen molar-refractivity contribution in [2.24, 2.45) is 22.7 Å². The molecule has 192 valence electrons. The maximum Gasteiger partial charge on any atom is 0.113 e. The summed E-state index contributed by atoms with van der Waals surface area (Å²) in [5, 5.41) is 0. The van der Waals surface area contributed by atoms with E-state index in [1.54, 1.807) is 0 Å². The van der Waals surface area contributed by atoms with Gasteiger partial charge in [-0.2, -0.15) is 0 Å². The average molecular weight is 468 g/mol. The minimum Gasteiger partial charge on any atom is -0.494 e. The highest BCUT2D eigenvalue weighted by Crippen LogP contribution is 2.47. The number of hydrogen-bond donors (Lipinski definition) is 0. The van der Waals surface area contributed by atoms with Gasteiger partial charge in [0.25, 0.3) is 0 Å². The van der Waals surface area contributed by atoms with Crippen molar-refractivity contribution in [1.29, 1.82) is 0 Å². The highest BCUT2D eigenvalue weighted by Gasteiger charge is 2.50. The quantitative estimate of drug-likeness (QED) is 0.266. The van der Waals surface area contributed by atoms with Gasteiger partial charge in [0.1, 0.15) is 6.61 Å². The predicted molar refractivity (Wildman–Crippen MR) is 149 cm³/mol. The molecule has 0 N–H and O–H groups in total. The Bertz CT molecular complexity index is 805. The average Bonchev–Trinajstić information content (AvgIpc) is 2.87. The van der Waals surface area contributed by atoms with Crippen LogP contribution in [0.4, 0.5) is 0 Å². The molecule has 1 aromatic rings. The minimum absolute atomic E-state index is 0.0464. The zero-order chi connectivity index (χ0) is 26.1. The van der Waals surface area contributed by atoms with Gasteiger partial charge < -0.3 is 4.74 Å². The largest absolute Gasteiger partial charge is 0.494 e. The summed E-state index contributed by atoms with van der Waals surface area (Å²) in [7, 11) is 2.22. The summed E-state index contributed by atoms with van der Waals surface area (Å²) in [6.45, 7) is 32.7. The van der Waals surface area contributed by atoms with Gasteiger partial charge in [-0.3, -0.25) is 4.90 Å². The van der Waals surface area contributed by atoms with Crippen molar-refractivity contribution in [3.8, 4) is 0 Å². The van der Waals surface area contributed by atoms with E-state index in [4.69, 9.17) is 4.74 Å². The molecule has 0 saturated carbocycles. The summed E-state index contributed by atoms with van der Waals surface area (Å²) in [5.74, 6) is 1.78. The number of hydrogen-bond acceptors (Lipinski definition) is 2. The molecule has 34 heavy (non-hydrogen) atoms. The Balaban J connectivity index is 1.92. The van der Waals surface area contributed by atoms with Crippen molar-refractivity contribution in [1.82, 2.24) is 4.90 Å². The van der Waals surface area contributed by atoms with Gasteiger partial charge in [0, 0.05) is 17.0 Å². The Morgan fingerprint density at radius 2 is 1.53 bits per heavy atom. The van der Waals surface area contributed by atoms with E-state index in [9.17, 15) is 0 Å². The van der Waals surface area contributed by atoms with Crippen molar-refractivity contribution in [2.75, 3.05) is 7.05 Å². The molecule has 0 bridgehead atoms. The first-order valence-corrected chi connectivity index (χ1v) is 13.2. The van der Waals surface area contributed by atoms with Crippen LogP contribution in [0, 0.1) is 22.7 Å². The molecule has 2 nitrogen and oxygen atoms in total. The molecule has 1 fully saturated rings. The fraction of sp³-hybridized carbons (Fsp3) is 0.688. The Kier molecular flexibility index (Phi) is 8.62. The van der Waals surface area contributed by atoms with Crippen LogP contribution in [0.3, 0.4) is 0 Å². The molecule has 0 aliphatic carbocycles. The van der Waals surface area contributed by atoms with E-state index < -0.39 is 0 Å². The lowest BCUT2D eigenvalue weighted by Crippen LogP contribution is -2.47. The highest BCUT2D eigenvalue weighted by atomic mass is 16.5. The Morgan fingerprint density at radius 3 is 1.97 bits per heavy atom. The zero-order valence-electron chi connectivity index (χ0n) is 24.3. The molecule has 0 aromatic heterocycles. The second-order valence-electron chi connectivity index (χ2n) is 14.2. The van der Waals surface area contributed by atoms with Gasteiger partial charge in [0.15, 0.2) is 0 Å². The number of benzene rings is 1. The molecule has 2 atom stereocenters. The maximum atomic E-state index is 6.21. The molecule has 1 aliphatic heterocycles. The molecular weight excluding hydrogens is 414 g/mol. The predicted octanol–water partition coefficient (Wildman–Crippen LogP) is 8.81. The van der Waals surface area contributed by atoms with Gasteiger partial charge in [-0.15, -0.1) is 0 Å². The number of allylic oxidation sites excluding steroid dienone is 1. The second kappa shape index (κ2) is 10.2. The smallest absolute Gasteiger partial charge is 0.113 e. The summed E-state index contributed by atoms with van der Waals surface area (Å²) >= 11 is 0. The SMILES string of the molecule is C=C(CCc1ccc(COC(=C)C2CC(C)(C)N(C)C2(C)C)cc1)C(CC(C)(C)C)C(C)(C)C. The Morgan fingerprint density at radius 1 is 1.00 bits per heavy atom. The standard InChI is InChI=1S/C32H53NO/c1-23(27(30(6,7)8)20-29(3,4)5)14-15-25-16-18-26(19-17-25)22-34-24(2)28-21-31(9,10)33(13)32(28,11)12/h16-19,27-28H,1-2,14-15,20-22H2,3-13H3. The van der Waals surface area contributed by atoms with Crippen molar-refractivity contribution >= 4 is 0 Å². The molecule has 1 aliphatic rings. The van der Waals surface area contributed by atoms with Crippen LogP contribution in [-0.2, 0) is 17.8 Å². The number of likely N-dealkylation sites (tertiary alicyclic amines) is 1. The summed E-state index contributed by atoms with van der Waals surface area (Å²) in [6, 6.07) is 8.91. The van der Waals surface area contributed by atoms with E-state index in [1.165, 1.54) is 23.1 Å². The minimum atomic E-state index is 0.0464. The third-order valence-electron chi connectivity index (χ3n) is 8.25. The molecule has 1 saturated heterocycles. The topological polar surface area (TPSA) is 12.5 Å². The maximum absolute atomic E-state index is 6.21. The first kappa shape index (κ1) is 28.7. The second-order valence-corrected chi connectivity index (χ2v) is 14.2. The van der Waals surface area contributed by atoms with Crippen molar-refractivity contribution < 1.29 is 4.74 Å². The van der Waals surface area contributed by atoms with Crippen LogP contribution >= 0.6 is 0 Å². The lowest BCUT2D eigenvalue weighted by molar-refractivity contribution is 0.0842. The molecule has 2 unspecified atom stereocenters. The first-order valence-electron chi connectivity index (χ1n) is 13.2. The molecule has 1 heterocycles. The third-order valence-corrected chi connectivity index (χ3v) is 8.25. The van der Waals surface area contributed by atoms with Crippen molar-refractivity contribution in [3.05, 3.63) is 59.9 Å². The van der Waals surface area contributed by atoms with E-state index in [1.807, 2.05) is 0 Å². The summed E-state index contributed by atoms with van der Waals surface area (Å²) < 4.78 is 6.21. The van der Waals surface area contributed by atoms with Gasteiger partial charge in [-0.05, 0) is 88.3 Å². The zero-order valence-corrected chi connectivity index (χ0v) is 24.3. The van der Waals surface area contributed by atoms with Gasteiger partial charge in [-0.25, -0.2) is 0 Å². The number of nitrogens with zero attached hydrogens (tertiary/aromatic N) is 1. The van der Waals surface area contributed by atoms with Crippen LogP contribution < -0.4 is 0 Å². The molecule has 2 rings (SSSR count). The van der Waals surface area contributed by atoms with Crippen molar-refractivity contribution in [2.45, 2.75) is 113 Å². The molecule has 1 aromatic carbocycles. The van der Waals surface area contributed by atoms with E-state index in [0.717, 1.165) is 25.0 Å². The molecule has 2 heteroatoms. The number of ether oxygens (including phenoxy) is 1.